The van der Waals surface area contributed by atoms with Crippen LogP contribution in [0.3, 0.4) is 0 Å². The molecule has 0 radical (unpaired) electrons. The van der Waals surface area contributed by atoms with Crippen molar-refractivity contribution in [3.05, 3.63) is 68.1 Å². The molecule has 0 aliphatic rings. The van der Waals surface area contributed by atoms with Crippen molar-refractivity contribution in [1.29, 1.82) is 0 Å². The van der Waals surface area contributed by atoms with Crippen LogP contribution in [0.2, 0.25) is 0 Å². The van der Waals surface area contributed by atoms with Gasteiger partial charge in [-0.05, 0) is 29.8 Å². The number of aromatic amines is 2. The molecule has 7 heteroatoms. The highest BCUT2D eigenvalue weighted by atomic mass is 79.9. The van der Waals surface area contributed by atoms with Crippen LogP contribution in [0.1, 0.15) is 16.0 Å². The topological polar surface area (TPSA) is 48.6 Å². The van der Waals surface area contributed by atoms with Crippen LogP contribution in [0.4, 0.5) is 8.78 Å². The van der Waals surface area contributed by atoms with Crippen molar-refractivity contribution in [3.63, 3.8) is 0 Å². The Morgan fingerprint density at radius 3 is 2.24 bits per heavy atom. The number of halogens is 4. The summed E-state index contributed by atoms with van der Waals surface area (Å²) in [6.07, 6.45) is 0. The van der Waals surface area contributed by atoms with Gasteiger partial charge in [-0.3, -0.25) is 0 Å². The lowest BCUT2D eigenvalue weighted by Gasteiger charge is -2.14. The summed E-state index contributed by atoms with van der Waals surface area (Å²) >= 11 is 6.69. The Hall–Kier alpha value is -1.47. The van der Waals surface area contributed by atoms with Gasteiger partial charge in [0.2, 0.25) is 0 Å². The van der Waals surface area contributed by atoms with Crippen molar-refractivity contribution in [2.75, 3.05) is 0 Å². The summed E-state index contributed by atoms with van der Waals surface area (Å²) in [5.74, 6) is -1.27. The van der Waals surface area contributed by atoms with Gasteiger partial charge in [-0.25, -0.2) is 13.6 Å². The van der Waals surface area contributed by atoms with Crippen LogP contribution < -0.4 is 5.69 Å². The Morgan fingerprint density at radius 1 is 1.05 bits per heavy atom. The van der Waals surface area contributed by atoms with E-state index in [-0.39, 0.29) is 11.3 Å². The highest BCUT2D eigenvalue weighted by Crippen LogP contribution is 2.38. The maximum atomic E-state index is 13.9. The Balaban J connectivity index is 2.19. The zero-order valence-corrected chi connectivity index (χ0v) is 13.6. The lowest BCUT2D eigenvalue weighted by atomic mass is 10.0. The molecule has 1 heterocycles. The van der Waals surface area contributed by atoms with E-state index in [0.29, 0.717) is 21.1 Å². The van der Waals surface area contributed by atoms with Gasteiger partial charge < -0.3 is 9.97 Å². The number of nitrogens with one attached hydrogen (secondary N) is 2. The highest BCUT2D eigenvalue weighted by molar-refractivity contribution is 9.11. The molecule has 0 bridgehead atoms. The van der Waals surface area contributed by atoms with E-state index < -0.39 is 16.5 Å². The molecule has 0 saturated heterocycles. The van der Waals surface area contributed by atoms with Gasteiger partial charge in [0.25, 0.3) is 0 Å². The quantitative estimate of drug-likeness (QED) is 0.597. The van der Waals surface area contributed by atoms with E-state index in [9.17, 15) is 13.6 Å². The number of fused-ring (bicyclic) bond motifs is 1. The summed E-state index contributed by atoms with van der Waals surface area (Å²) in [6.45, 7) is 0. The maximum absolute atomic E-state index is 13.9. The van der Waals surface area contributed by atoms with E-state index in [1.54, 1.807) is 12.1 Å². The first-order chi connectivity index (χ1) is 9.97. The van der Waals surface area contributed by atoms with Crippen LogP contribution in [0.25, 0.3) is 11.0 Å². The van der Waals surface area contributed by atoms with Gasteiger partial charge in [0.05, 0.1) is 15.9 Å². The SMILES string of the molecule is O=c1[nH]c2cc(Br)c(C(Br)c3c(F)cccc3F)cc2[nH]1. The Bertz CT molecular complexity index is 868. The smallest absolute Gasteiger partial charge is 0.306 e. The third-order valence-electron chi connectivity index (χ3n) is 3.16. The molecule has 3 rings (SSSR count). The number of H-pyrrole nitrogens is 2. The monoisotopic (exact) mass is 416 g/mol. The zero-order valence-electron chi connectivity index (χ0n) is 10.4. The highest BCUT2D eigenvalue weighted by Gasteiger charge is 2.22. The van der Waals surface area contributed by atoms with Crippen molar-refractivity contribution in [3.8, 4) is 0 Å². The van der Waals surface area contributed by atoms with Gasteiger partial charge in [0.1, 0.15) is 11.6 Å². The van der Waals surface area contributed by atoms with Crippen LogP contribution in [0.15, 0.2) is 39.6 Å². The fourth-order valence-electron chi connectivity index (χ4n) is 2.18. The molecule has 3 nitrogen and oxygen atoms in total. The number of hydrogen-bond acceptors (Lipinski definition) is 1. The lowest BCUT2D eigenvalue weighted by Crippen LogP contribution is -2.01. The number of benzene rings is 2. The second kappa shape index (κ2) is 5.38. The third-order valence-corrected chi connectivity index (χ3v) is 4.80. The average Bonchev–Trinajstić information content (AvgIpc) is 2.76. The standard InChI is InChI=1S/C14H8Br2F2N2O/c15-7-5-11-10(19-14(21)20-11)4-6(7)13(16)12-8(17)2-1-3-9(12)18/h1-5,13H,(H2,19,20,21). The second-order valence-electron chi connectivity index (χ2n) is 4.50. The normalized spacial score (nSPS) is 12.8. The largest absolute Gasteiger partial charge is 0.323 e. The van der Waals surface area contributed by atoms with Crippen LogP contribution in [0.5, 0.6) is 0 Å². The molecule has 1 atom stereocenters. The minimum Gasteiger partial charge on any atom is -0.306 e. The summed E-state index contributed by atoms with van der Waals surface area (Å²) in [5.41, 5.74) is 1.39. The van der Waals surface area contributed by atoms with Crippen molar-refractivity contribution >= 4 is 42.9 Å². The molecule has 2 aromatic carbocycles. The van der Waals surface area contributed by atoms with Crippen LogP contribution in [-0.4, -0.2) is 9.97 Å². The minimum atomic E-state index is -0.684. The molecule has 21 heavy (non-hydrogen) atoms. The number of imidazole rings is 1. The van der Waals surface area contributed by atoms with E-state index >= 15 is 0 Å². The molecular formula is C14H8Br2F2N2O. The van der Waals surface area contributed by atoms with Gasteiger partial charge >= 0.3 is 5.69 Å². The molecule has 0 spiro atoms. The average molecular weight is 418 g/mol. The van der Waals surface area contributed by atoms with E-state index in [0.717, 1.165) is 0 Å². The number of rotatable bonds is 2. The van der Waals surface area contributed by atoms with Gasteiger partial charge in [0, 0.05) is 10.0 Å². The number of aromatic nitrogens is 2. The summed E-state index contributed by atoms with van der Waals surface area (Å²) in [5, 5.41) is 0. The number of alkyl halides is 1. The van der Waals surface area contributed by atoms with Gasteiger partial charge in [-0.2, -0.15) is 0 Å². The summed E-state index contributed by atoms with van der Waals surface area (Å²) in [6, 6.07) is 7.09. The van der Waals surface area contributed by atoms with Crippen molar-refractivity contribution < 1.29 is 8.78 Å². The first-order valence-corrected chi connectivity index (χ1v) is 7.67. The molecule has 3 aromatic rings. The first-order valence-electron chi connectivity index (χ1n) is 5.97. The predicted octanol–water partition coefficient (Wildman–Crippen LogP) is 4.38. The fraction of sp³-hybridized carbons (Fsp3) is 0.0714. The first kappa shape index (κ1) is 14.5. The van der Waals surface area contributed by atoms with Gasteiger partial charge in [0.15, 0.2) is 0 Å². The Kier molecular flexibility index (Phi) is 3.71. The second-order valence-corrected chi connectivity index (χ2v) is 6.27. The number of hydrogen-bond donors (Lipinski definition) is 2. The molecule has 108 valence electrons. The zero-order chi connectivity index (χ0) is 15.1. The van der Waals surface area contributed by atoms with Crippen molar-refractivity contribution in [2.45, 2.75) is 4.83 Å². The molecule has 0 aliphatic carbocycles. The molecule has 0 saturated carbocycles. The van der Waals surface area contributed by atoms with Crippen molar-refractivity contribution in [1.82, 2.24) is 9.97 Å². The molecular weight excluding hydrogens is 410 g/mol. The summed E-state index contributed by atoms with van der Waals surface area (Å²) < 4.78 is 28.4. The minimum absolute atomic E-state index is 0.0737. The lowest BCUT2D eigenvalue weighted by molar-refractivity contribution is 0.561. The molecule has 0 amide bonds. The maximum Gasteiger partial charge on any atom is 0.323 e. The van der Waals surface area contributed by atoms with Crippen LogP contribution in [0, 0.1) is 11.6 Å². The van der Waals surface area contributed by atoms with E-state index in [4.69, 9.17) is 0 Å². The van der Waals surface area contributed by atoms with Crippen molar-refractivity contribution in [2.24, 2.45) is 0 Å². The molecule has 1 unspecified atom stereocenters. The molecule has 0 fully saturated rings. The van der Waals surface area contributed by atoms with Crippen LogP contribution in [-0.2, 0) is 0 Å². The predicted molar refractivity (Wildman–Crippen MR) is 83.7 cm³/mol. The van der Waals surface area contributed by atoms with Gasteiger partial charge in [-0.1, -0.05) is 37.9 Å². The Morgan fingerprint density at radius 2 is 1.62 bits per heavy atom. The van der Waals surface area contributed by atoms with E-state index in [1.165, 1.54) is 18.2 Å². The van der Waals surface area contributed by atoms with Crippen LogP contribution >= 0.6 is 31.9 Å². The Labute approximate surface area is 134 Å². The summed E-state index contributed by atoms with van der Waals surface area (Å²) in [7, 11) is 0. The third kappa shape index (κ3) is 2.55. The van der Waals surface area contributed by atoms with E-state index in [1.807, 2.05) is 0 Å². The fourth-order valence-corrected chi connectivity index (χ4v) is 3.87. The molecule has 2 N–H and O–H groups in total. The molecule has 0 aliphatic heterocycles. The van der Waals surface area contributed by atoms with Gasteiger partial charge in [-0.15, -0.1) is 0 Å². The van der Waals surface area contributed by atoms with E-state index in [2.05, 4.69) is 41.8 Å². The molecule has 1 aromatic heterocycles. The summed E-state index contributed by atoms with van der Waals surface area (Å²) in [4.78, 5) is 15.9.